The predicted octanol–water partition coefficient (Wildman–Crippen LogP) is 2.47. The van der Waals surface area contributed by atoms with Gasteiger partial charge in [-0.3, -0.25) is 14.4 Å². The van der Waals surface area contributed by atoms with Gasteiger partial charge in [0.05, 0.1) is 24.6 Å². The van der Waals surface area contributed by atoms with E-state index in [-0.39, 0.29) is 36.9 Å². The van der Waals surface area contributed by atoms with Crippen molar-refractivity contribution in [3.05, 3.63) is 59.2 Å². The molecule has 0 saturated carbocycles. The Morgan fingerprint density at radius 3 is 2.38 bits per heavy atom. The molecule has 1 heterocycles. The molecule has 0 radical (unpaired) electrons. The highest BCUT2D eigenvalue weighted by molar-refractivity contribution is 6.07. The maximum atomic E-state index is 13.0. The minimum absolute atomic E-state index is 0.0591. The van der Waals surface area contributed by atoms with Crippen LogP contribution >= 0.6 is 0 Å². The third kappa shape index (κ3) is 5.64. The van der Waals surface area contributed by atoms with Gasteiger partial charge in [0.2, 0.25) is 5.91 Å². The molecule has 170 valence electrons. The van der Waals surface area contributed by atoms with Gasteiger partial charge in [-0.2, -0.15) is 0 Å². The molecule has 3 rings (SSSR count). The predicted molar refractivity (Wildman–Crippen MR) is 124 cm³/mol. The van der Waals surface area contributed by atoms with Crippen LogP contribution < -0.4 is 21.3 Å². The van der Waals surface area contributed by atoms with Gasteiger partial charge in [-0.15, -0.1) is 0 Å². The Balaban J connectivity index is 1.92. The lowest BCUT2D eigenvalue weighted by Crippen LogP contribution is -2.50. The number of anilines is 2. The number of hydrogen-bond donors (Lipinski definition) is 3. The number of nitrogens with zero attached hydrogens (tertiary/aromatic N) is 1. The topological polar surface area (TPSA) is 114 Å². The van der Waals surface area contributed by atoms with Crippen molar-refractivity contribution in [3.8, 4) is 0 Å². The van der Waals surface area contributed by atoms with E-state index >= 15 is 0 Å². The molecule has 0 spiro atoms. The van der Waals surface area contributed by atoms with Crippen LogP contribution in [0.4, 0.5) is 11.4 Å². The van der Waals surface area contributed by atoms with Crippen LogP contribution in [0.5, 0.6) is 0 Å². The van der Waals surface area contributed by atoms with Crippen molar-refractivity contribution >= 4 is 29.1 Å². The number of nitrogens with one attached hydrogen (secondary N) is 2. The molecular weight excluding hydrogens is 408 g/mol. The van der Waals surface area contributed by atoms with Crippen molar-refractivity contribution in [1.82, 2.24) is 5.32 Å². The Labute approximate surface area is 188 Å². The standard InChI is InChI=1S/C24H30N4O4/c1-15-5-4-6-18(11-15)24(31)27-20-12-19(23(30)26-10-9-22(25)29)7-8-21(20)28-16(2)13-32-14-17(28)3/h4-8,11-12,16-17H,9-10,13-14H2,1-3H3,(H2,25,29)(H,26,30)(H,27,31). The van der Waals surface area contributed by atoms with Crippen molar-refractivity contribution in [3.63, 3.8) is 0 Å². The Morgan fingerprint density at radius 2 is 1.72 bits per heavy atom. The summed E-state index contributed by atoms with van der Waals surface area (Å²) in [4.78, 5) is 38.7. The lowest BCUT2D eigenvalue weighted by atomic mass is 10.1. The second kappa shape index (κ2) is 10.3. The first-order valence-electron chi connectivity index (χ1n) is 10.7. The summed E-state index contributed by atoms with van der Waals surface area (Å²) in [6, 6.07) is 12.7. The Hall–Kier alpha value is -3.39. The van der Waals surface area contributed by atoms with E-state index in [1.807, 2.05) is 31.2 Å². The molecule has 1 saturated heterocycles. The second-order valence-electron chi connectivity index (χ2n) is 8.17. The van der Waals surface area contributed by atoms with E-state index in [2.05, 4.69) is 29.4 Å². The molecule has 2 atom stereocenters. The van der Waals surface area contributed by atoms with Crippen molar-refractivity contribution in [1.29, 1.82) is 0 Å². The van der Waals surface area contributed by atoms with Crippen LogP contribution in [0, 0.1) is 6.92 Å². The van der Waals surface area contributed by atoms with Crippen LogP contribution in [0.25, 0.3) is 0 Å². The average Bonchev–Trinajstić information content (AvgIpc) is 2.74. The number of aryl methyl sites for hydroxylation is 1. The molecule has 0 bridgehead atoms. The van der Waals surface area contributed by atoms with E-state index in [1.165, 1.54) is 0 Å². The van der Waals surface area contributed by atoms with Crippen LogP contribution in [0.2, 0.25) is 0 Å². The maximum absolute atomic E-state index is 13.0. The summed E-state index contributed by atoms with van der Waals surface area (Å²) >= 11 is 0. The molecular formula is C24H30N4O4. The zero-order valence-corrected chi connectivity index (χ0v) is 18.7. The number of carbonyl (C=O) groups excluding carboxylic acids is 3. The van der Waals surface area contributed by atoms with Crippen molar-refractivity contribution in [2.24, 2.45) is 5.73 Å². The van der Waals surface area contributed by atoms with Crippen LogP contribution in [-0.2, 0) is 9.53 Å². The quantitative estimate of drug-likeness (QED) is 0.615. The molecule has 4 N–H and O–H groups in total. The van der Waals surface area contributed by atoms with Gasteiger partial charge in [0.15, 0.2) is 0 Å². The zero-order chi connectivity index (χ0) is 23.3. The Morgan fingerprint density at radius 1 is 1.03 bits per heavy atom. The molecule has 8 heteroatoms. The van der Waals surface area contributed by atoms with Crippen molar-refractivity contribution in [2.45, 2.75) is 39.3 Å². The minimum atomic E-state index is -0.484. The monoisotopic (exact) mass is 438 g/mol. The van der Waals surface area contributed by atoms with E-state index in [1.54, 1.807) is 18.2 Å². The van der Waals surface area contributed by atoms with E-state index in [9.17, 15) is 14.4 Å². The van der Waals surface area contributed by atoms with Crippen LogP contribution in [0.15, 0.2) is 42.5 Å². The van der Waals surface area contributed by atoms with Gasteiger partial charge in [0.25, 0.3) is 11.8 Å². The molecule has 2 aromatic rings. The Bertz CT molecular complexity index is 997. The minimum Gasteiger partial charge on any atom is -0.377 e. The highest BCUT2D eigenvalue weighted by Crippen LogP contribution is 2.32. The van der Waals surface area contributed by atoms with Gasteiger partial charge in [-0.05, 0) is 51.1 Å². The lowest BCUT2D eigenvalue weighted by Gasteiger charge is -2.41. The number of morpholine rings is 1. The molecule has 3 amide bonds. The molecule has 2 aromatic carbocycles. The summed E-state index contributed by atoms with van der Waals surface area (Å²) < 4.78 is 5.64. The third-order valence-electron chi connectivity index (χ3n) is 5.39. The number of rotatable bonds is 7. The van der Waals surface area contributed by atoms with Gasteiger partial charge in [0, 0.05) is 36.2 Å². The maximum Gasteiger partial charge on any atom is 0.255 e. The summed E-state index contributed by atoms with van der Waals surface area (Å²) in [5.74, 6) is -1.08. The first kappa shape index (κ1) is 23.3. The average molecular weight is 439 g/mol. The number of primary amides is 1. The van der Waals surface area contributed by atoms with Gasteiger partial charge in [-0.1, -0.05) is 17.7 Å². The summed E-state index contributed by atoms with van der Waals surface area (Å²) in [6.45, 7) is 7.35. The van der Waals surface area contributed by atoms with Gasteiger partial charge < -0.3 is 26.0 Å². The van der Waals surface area contributed by atoms with E-state index in [0.29, 0.717) is 30.0 Å². The summed E-state index contributed by atoms with van der Waals surface area (Å²) in [5.41, 5.74) is 8.40. The number of amides is 3. The summed E-state index contributed by atoms with van der Waals surface area (Å²) in [6.07, 6.45) is 0.0591. The van der Waals surface area contributed by atoms with Gasteiger partial charge >= 0.3 is 0 Å². The number of benzene rings is 2. The van der Waals surface area contributed by atoms with Crippen molar-refractivity contribution < 1.29 is 19.1 Å². The van der Waals surface area contributed by atoms with E-state index in [0.717, 1.165) is 11.3 Å². The SMILES string of the molecule is Cc1cccc(C(=O)Nc2cc(C(=O)NCCC(N)=O)ccc2N2C(C)COCC2C)c1. The molecule has 1 fully saturated rings. The molecule has 32 heavy (non-hydrogen) atoms. The van der Waals surface area contributed by atoms with E-state index < -0.39 is 5.91 Å². The smallest absolute Gasteiger partial charge is 0.255 e. The fraction of sp³-hybridized carbons (Fsp3) is 0.375. The van der Waals surface area contributed by atoms with Crippen LogP contribution in [0.3, 0.4) is 0 Å². The lowest BCUT2D eigenvalue weighted by molar-refractivity contribution is -0.117. The number of hydrogen-bond acceptors (Lipinski definition) is 5. The van der Waals surface area contributed by atoms with Crippen LogP contribution in [-0.4, -0.2) is 49.6 Å². The number of nitrogens with two attached hydrogens (primary N) is 1. The summed E-state index contributed by atoms with van der Waals surface area (Å²) in [5, 5.41) is 5.67. The second-order valence-corrected chi connectivity index (χ2v) is 8.17. The first-order chi connectivity index (χ1) is 15.3. The van der Waals surface area contributed by atoms with Crippen molar-refractivity contribution in [2.75, 3.05) is 30.0 Å². The fourth-order valence-electron chi connectivity index (χ4n) is 3.86. The zero-order valence-electron chi connectivity index (χ0n) is 18.7. The molecule has 8 nitrogen and oxygen atoms in total. The number of ether oxygens (including phenoxy) is 1. The van der Waals surface area contributed by atoms with E-state index in [4.69, 9.17) is 10.5 Å². The van der Waals surface area contributed by atoms with Gasteiger partial charge in [0.1, 0.15) is 0 Å². The first-order valence-corrected chi connectivity index (χ1v) is 10.7. The largest absolute Gasteiger partial charge is 0.377 e. The molecule has 2 unspecified atom stereocenters. The molecule has 0 aliphatic carbocycles. The molecule has 0 aromatic heterocycles. The molecule has 1 aliphatic rings. The third-order valence-corrected chi connectivity index (χ3v) is 5.39. The summed E-state index contributed by atoms with van der Waals surface area (Å²) in [7, 11) is 0. The van der Waals surface area contributed by atoms with Crippen LogP contribution in [0.1, 0.15) is 46.5 Å². The Kier molecular flexibility index (Phi) is 7.48. The number of carbonyl (C=O) groups is 3. The normalized spacial score (nSPS) is 18.2. The highest BCUT2D eigenvalue weighted by atomic mass is 16.5. The highest BCUT2D eigenvalue weighted by Gasteiger charge is 2.28. The molecule has 1 aliphatic heterocycles. The fourth-order valence-corrected chi connectivity index (χ4v) is 3.86. The van der Waals surface area contributed by atoms with Gasteiger partial charge in [-0.25, -0.2) is 0 Å².